The van der Waals surface area contributed by atoms with Gasteiger partial charge >= 0.3 is 0 Å². The minimum Gasteiger partial charge on any atom is -0.380 e. The Labute approximate surface area is 127 Å². The van der Waals surface area contributed by atoms with E-state index in [9.17, 15) is 4.79 Å². The second kappa shape index (κ2) is 6.24. The van der Waals surface area contributed by atoms with E-state index < -0.39 is 0 Å². The molecule has 112 valence electrons. The van der Waals surface area contributed by atoms with Crippen molar-refractivity contribution < 1.29 is 9.53 Å². The third kappa shape index (κ3) is 3.21. The monoisotopic (exact) mass is 344 g/mol. The number of likely N-dealkylation sites (tertiary alicyclic amines) is 1. The van der Waals surface area contributed by atoms with Crippen molar-refractivity contribution in [2.75, 3.05) is 34.3 Å². The smallest absolute Gasteiger partial charge is 0.271 e. The van der Waals surface area contributed by atoms with Crippen molar-refractivity contribution >= 4 is 21.8 Å². The average molecular weight is 345 g/mol. The second-order valence-electron chi connectivity index (χ2n) is 5.35. The van der Waals surface area contributed by atoms with Crippen LogP contribution in [0.15, 0.2) is 10.7 Å². The number of aryl methyl sites for hydroxylation is 1. The summed E-state index contributed by atoms with van der Waals surface area (Å²) in [6.07, 6.45) is 1.22. The van der Waals surface area contributed by atoms with Crippen LogP contribution in [0.25, 0.3) is 0 Å². The van der Waals surface area contributed by atoms with Crippen LogP contribution in [0.5, 0.6) is 0 Å². The van der Waals surface area contributed by atoms with Crippen molar-refractivity contribution in [3.63, 3.8) is 0 Å². The van der Waals surface area contributed by atoms with Gasteiger partial charge in [-0.05, 0) is 29.4 Å². The predicted octanol–water partition coefficient (Wildman–Crippen LogP) is 0.974. The molecule has 1 aliphatic rings. The molecule has 1 fully saturated rings. The molecular formula is C13H21BrN4O2. The number of halogens is 1. The van der Waals surface area contributed by atoms with Crippen LogP contribution in [0.3, 0.4) is 0 Å². The second-order valence-corrected chi connectivity index (χ2v) is 6.16. The Balaban J connectivity index is 2.00. The molecule has 1 aliphatic heterocycles. The van der Waals surface area contributed by atoms with Gasteiger partial charge in [-0.15, -0.1) is 0 Å². The SMILES string of the molecule is CO[C@H]1C[C@@H](CN(C)C(=O)c2cc(Br)nn2C)N(C)C1. The zero-order valence-electron chi connectivity index (χ0n) is 12.3. The summed E-state index contributed by atoms with van der Waals surface area (Å²) in [7, 11) is 7.41. The highest BCUT2D eigenvalue weighted by Gasteiger charge is 2.31. The normalized spacial score (nSPS) is 23.2. The third-order valence-corrected chi connectivity index (χ3v) is 4.27. The number of rotatable bonds is 4. The van der Waals surface area contributed by atoms with E-state index in [4.69, 9.17) is 4.74 Å². The number of methoxy groups -OCH3 is 1. The van der Waals surface area contributed by atoms with Gasteiger partial charge in [0.05, 0.1) is 6.10 Å². The first-order chi connectivity index (χ1) is 9.42. The van der Waals surface area contributed by atoms with Crippen molar-refractivity contribution in [2.45, 2.75) is 18.6 Å². The zero-order valence-corrected chi connectivity index (χ0v) is 13.9. The van der Waals surface area contributed by atoms with Crippen LogP contribution in [-0.4, -0.2) is 71.9 Å². The van der Waals surface area contributed by atoms with Gasteiger partial charge in [-0.2, -0.15) is 5.10 Å². The molecule has 0 bridgehead atoms. The predicted molar refractivity (Wildman–Crippen MR) is 79.7 cm³/mol. The molecule has 0 radical (unpaired) electrons. The van der Waals surface area contributed by atoms with Gasteiger partial charge in [-0.25, -0.2) is 0 Å². The number of nitrogens with zero attached hydrogens (tertiary/aromatic N) is 4. The Kier molecular flexibility index (Phi) is 4.82. The van der Waals surface area contributed by atoms with Crippen LogP contribution in [0, 0.1) is 0 Å². The molecule has 0 N–H and O–H groups in total. The van der Waals surface area contributed by atoms with Crippen LogP contribution < -0.4 is 0 Å². The molecular weight excluding hydrogens is 324 g/mol. The van der Waals surface area contributed by atoms with Gasteiger partial charge in [0.25, 0.3) is 5.91 Å². The minimum atomic E-state index is -0.0139. The summed E-state index contributed by atoms with van der Waals surface area (Å²) in [4.78, 5) is 16.4. The standard InChI is InChI=1S/C13H21BrN4O2/c1-16-8-10(20-4)5-9(16)7-17(2)13(19)11-6-12(14)15-18(11)3/h6,9-10H,5,7-8H2,1-4H3/t9-,10-/m0/s1. The average Bonchev–Trinajstić information content (AvgIpc) is 2.91. The molecule has 2 atom stereocenters. The van der Waals surface area contributed by atoms with Gasteiger partial charge < -0.3 is 9.64 Å². The van der Waals surface area contributed by atoms with E-state index in [1.54, 1.807) is 29.8 Å². The number of hydrogen-bond acceptors (Lipinski definition) is 4. The molecule has 6 nitrogen and oxygen atoms in total. The van der Waals surface area contributed by atoms with Crippen LogP contribution in [0.2, 0.25) is 0 Å². The maximum atomic E-state index is 12.4. The number of ether oxygens (including phenoxy) is 1. The van der Waals surface area contributed by atoms with Crippen LogP contribution in [-0.2, 0) is 11.8 Å². The quantitative estimate of drug-likeness (QED) is 0.816. The number of carbonyl (C=O) groups is 1. The molecule has 1 aromatic heterocycles. The molecule has 0 unspecified atom stereocenters. The summed E-state index contributed by atoms with van der Waals surface area (Å²) in [6, 6.07) is 2.08. The highest BCUT2D eigenvalue weighted by atomic mass is 79.9. The van der Waals surface area contributed by atoms with Crippen molar-refractivity contribution in [2.24, 2.45) is 7.05 Å². The summed E-state index contributed by atoms with van der Waals surface area (Å²) < 4.78 is 7.67. The molecule has 1 saturated heterocycles. The van der Waals surface area contributed by atoms with E-state index in [0.29, 0.717) is 22.9 Å². The lowest BCUT2D eigenvalue weighted by Crippen LogP contribution is -2.40. The first-order valence-electron chi connectivity index (χ1n) is 6.60. The summed E-state index contributed by atoms with van der Waals surface area (Å²) in [5.41, 5.74) is 0.586. The summed E-state index contributed by atoms with van der Waals surface area (Å²) in [5.74, 6) is -0.0139. The van der Waals surface area contributed by atoms with Gasteiger partial charge in [-0.3, -0.25) is 14.4 Å². The lowest BCUT2D eigenvalue weighted by molar-refractivity contribution is 0.0749. The van der Waals surface area contributed by atoms with E-state index in [1.807, 2.05) is 7.05 Å². The van der Waals surface area contributed by atoms with Crippen molar-refractivity contribution in [3.05, 3.63) is 16.4 Å². The number of carbonyl (C=O) groups excluding carboxylic acids is 1. The molecule has 1 aromatic rings. The lowest BCUT2D eigenvalue weighted by atomic mass is 10.2. The highest BCUT2D eigenvalue weighted by Crippen LogP contribution is 2.19. The largest absolute Gasteiger partial charge is 0.380 e. The van der Waals surface area contributed by atoms with Gasteiger partial charge in [0, 0.05) is 46.4 Å². The maximum Gasteiger partial charge on any atom is 0.271 e. The molecule has 7 heteroatoms. The Morgan fingerprint density at radius 3 is 2.80 bits per heavy atom. The fourth-order valence-corrected chi connectivity index (χ4v) is 3.09. The first-order valence-corrected chi connectivity index (χ1v) is 7.39. The van der Waals surface area contributed by atoms with E-state index in [0.717, 1.165) is 13.0 Å². The molecule has 0 aromatic carbocycles. The molecule has 0 aliphatic carbocycles. The van der Waals surface area contributed by atoms with Crippen molar-refractivity contribution in [1.29, 1.82) is 0 Å². The number of likely N-dealkylation sites (N-methyl/N-ethyl adjacent to an activating group) is 2. The van der Waals surface area contributed by atoms with Gasteiger partial charge in [0.15, 0.2) is 0 Å². The molecule has 2 heterocycles. The van der Waals surface area contributed by atoms with Crippen LogP contribution >= 0.6 is 15.9 Å². The molecule has 2 rings (SSSR count). The number of aromatic nitrogens is 2. The number of amides is 1. The molecule has 0 saturated carbocycles. The van der Waals surface area contributed by atoms with Gasteiger partial charge in [0.2, 0.25) is 0 Å². The van der Waals surface area contributed by atoms with Gasteiger partial charge in [0.1, 0.15) is 10.3 Å². The van der Waals surface area contributed by atoms with E-state index in [1.165, 1.54) is 0 Å². The number of hydrogen-bond donors (Lipinski definition) is 0. The van der Waals surface area contributed by atoms with E-state index in [-0.39, 0.29) is 12.0 Å². The van der Waals surface area contributed by atoms with Crippen LogP contribution in [0.1, 0.15) is 16.9 Å². The Morgan fingerprint density at radius 1 is 1.60 bits per heavy atom. The lowest BCUT2D eigenvalue weighted by Gasteiger charge is -2.25. The first kappa shape index (κ1) is 15.5. The summed E-state index contributed by atoms with van der Waals surface area (Å²) >= 11 is 3.29. The summed E-state index contributed by atoms with van der Waals surface area (Å²) in [6.45, 7) is 1.61. The Hall–Kier alpha value is -0.920. The molecule has 1 amide bonds. The maximum absolute atomic E-state index is 12.4. The van der Waals surface area contributed by atoms with Crippen molar-refractivity contribution in [1.82, 2.24) is 19.6 Å². The Bertz CT molecular complexity index is 491. The topological polar surface area (TPSA) is 50.6 Å². The molecule has 20 heavy (non-hydrogen) atoms. The van der Waals surface area contributed by atoms with E-state index in [2.05, 4.69) is 33.0 Å². The minimum absolute atomic E-state index is 0.0139. The van der Waals surface area contributed by atoms with Crippen molar-refractivity contribution in [3.8, 4) is 0 Å². The molecule has 0 spiro atoms. The fraction of sp³-hybridized carbons (Fsp3) is 0.692. The van der Waals surface area contributed by atoms with Crippen LogP contribution in [0.4, 0.5) is 0 Å². The van der Waals surface area contributed by atoms with Gasteiger partial charge in [-0.1, -0.05) is 0 Å². The highest BCUT2D eigenvalue weighted by molar-refractivity contribution is 9.10. The van der Waals surface area contributed by atoms with E-state index >= 15 is 0 Å². The zero-order chi connectivity index (χ0) is 14.9. The summed E-state index contributed by atoms with van der Waals surface area (Å²) in [5, 5.41) is 4.14. The fourth-order valence-electron chi connectivity index (χ4n) is 2.64. The third-order valence-electron chi connectivity index (χ3n) is 3.88. The Morgan fingerprint density at radius 2 is 2.30 bits per heavy atom.